The molecule has 0 aliphatic rings. The highest BCUT2D eigenvalue weighted by Gasteiger charge is 2.18. The topological polar surface area (TPSA) is 103 Å². The first kappa shape index (κ1) is 19.5. The van der Waals surface area contributed by atoms with Crippen LogP contribution in [0.2, 0.25) is 5.02 Å². The fourth-order valence-electron chi connectivity index (χ4n) is 2.00. The van der Waals surface area contributed by atoms with Gasteiger partial charge in [-0.3, -0.25) is 9.59 Å². The number of amides is 1. The first-order valence-corrected chi connectivity index (χ1v) is 8.52. The van der Waals surface area contributed by atoms with Crippen LogP contribution >= 0.6 is 27.5 Å². The van der Waals surface area contributed by atoms with E-state index in [9.17, 15) is 9.59 Å². The molecule has 0 bridgehead atoms. The van der Waals surface area contributed by atoms with E-state index in [0.717, 1.165) is 4.47 Å². The molecule has 4 N–H and O–H groups in total. The summed E-state index contributed by atoms with van der Waals surface area (Å²) in [5.41, 5.74) is 1.11. The van der Waals surface area contributed by atoms with Gasteiger partial charge in [0.15, 0.2) is 5.78 Å². The van der Waals surface area contributed by atoms with Crippen molar-refractivity contribution in [2.45, 2.75) is 6.92 Å². The van der Waals surface area contributed by atoms with Crippen molar-refractivity contribution in [1.29, 1.82) is 0 Å². The second kappa shape index (κ2) is 9.00. The van der Waals surface area contributed by atoms with Gasteiger partial charge in [0, 0.05) is 11.4 Å². The number of hydrogen-bond donors (Lipinski definition) is 4. The standard InChI is InChI=1S/C16H17BrClN3O4/c1-9(23)14-7-11(16(24)19-8-25-5-4-22)15(21-14)20-13-3-2-10(17)6-12(13)18/h2-3,6-7,20-22H,4-5,8H2,1H3,(H,19,24). The van der Waals surface area contributed by atoms with Crippen molar-refractivity contribution >= 4 is 50.7 Å². The molecular formula is C16H17BrClN3O4. The molecule has 2 aromatic rings. The molecule has 1 aromatic carbocycles. The van der Waals surface area contributed by atoms with E-state index < -0.39 is 5.91 Å². The largest absolute Gasteiger partial charge is 0.394 e. The lowest BCUT2D eigenvalue weighted by Gasteiger charge is -2.10. The molecule has 7 nitrogen and oxygen atoms in total. The van der Waals surface area contributed by atoms with Crippen LogP contribution < -0.4 is 10.6 Å². The summed E-state index contributed by atoms with van der Waals surface area (Å²) < 4.78 is 5.83. The summed E-state index contributed by atoms with van der Waals surface area (Å²) in [4.78, 5) is 26.8. The molecule has 25 heavy (non-hydrogen) atoms. The maximum Gasteiger partial charge on any atom is 0.256 e. The number of aromatic amines is 1. The predicted molar refractivity (Wildman–Crippen MR) is 98.6 cm³/mol. The number of benzene rings is 1. The number of ether oxygens (including phenoxy) is 1. The average Bonchev–Trinajstić information content (AvgIpc) is 2.98. The lowest BCUT2D eigenvalue weighted by molar-refractivity contribution is 0.0664. The maximum absolute atomic E-state index is 12.3. The van der Waals surface area contributed by atoms with Crippen molar-refractivity contribution in [3.05, 3.63) is 45.0 Å². The van der Waals surface area contributed by atoms with Gasteiger partial charge in [-0.2, -0.15) is 0 Å². The number of carbonyl (C=O) groups is 2. The van der Waals surface area contributed by atoms with Crippen LogP contribution in [0.3, 0.4) is 0 Å². The number of halogens is 2. The molecule has 0 radical (unpaired) electrons. The van der Waals surface area contributed by atoms with E-state index in [-0.39, 0.29) is 37.0 Å². The quantitative estimate of drug-likeness (QED) is 0.293. The van der Waals surface area contributed by atoms with Crippen LogP contribution in [-0.2, 0) is 4.74 Å². The molecule has 2 rings (SSSR count). The highest BCUT2D eigenvalue weighted by Crippen LogP contribution is 2.29. The van der Waals surface area contributed by atoms with Crippen molar-refractivity contribution < 1.29 is 19.4 Å². The number of aliphatic hydroxyl groups excluding tert-OH is 1. The van der Waals surface area contributed by atoms with E-state index in [1.807, 2.05) is 0 Å². The Hall–Kier alpha value is -1.87. The second-order valence-corrected chi connectivity index (χ2v) is 6.38. The van der Waals surface area contributed by atoms with Gasteiger partial charge in [-0.25, -0.2) is 0 Å². The van der Waals surface area contributed by atoms with Crippen LogP contribution in [0.15, 0.2) is 28.7 Å². The molecule has 1 aromatic heterocycles. The smallest absolute Gasteiger partial charge is 0.256 e. The Balaban J connectivity index is 2.23. The number of aromatic nitrogens is 1. The van der Waals surface area contributed by atoms with E-state index in [4.69, 9.17) is 21.4 Å². The number of Topliss-reactive ketones (excluding diaryl/α,β-unsaturated/α-hetero) is 1. The van der Waals surface area contributed by atoms with Crippen molar-refractivity contribution in [3.63, 3.8) is 0 Å². The molecule has 0 unspecified atom stereocenters. The average molecular weight is 431 g/mol. The highest BCUT2D eigenvalue weighted by atomic mass is 79.9. The molecule has 0 fully saturated rings. The Labute approximate surface area is 157 Å². The number of carbonyl (C=O) groups excluding carboxylic acids is 2. The van der Waals surface area contributed by atoms with Gasteiger partial charge in [-0.05, 0) is 24.3 Å². The van der Waals surface area contributed by atoms with Crippen LogP contribution in [0, 0.1) is 0 Å². The SMILES string of the molecule is CC(=O)c1cc(C(=O)NCOCCO)c(Nc2ccc(Br)cc2Cl)[nH]1. The maximum atomic E-state index is 12.3. The summed E-state index contributed by atoms with van der Waals surface area (Å²) in [5, 5.41) is 14.7. The summed E-state index contributed by atoms with van der Waals surface area (Å²) in [6.07, 6.45) is 0. The van der Waals surface area contributed by atoms with Gasteiger partial charge >= 0.3 is 0 Å². The Kier molecular flexibility index (Phi) is 7.01. The fourth-order valence-corrected chi connectivity index (χ4v) is 2.72. The van der Waals surface area contributed by atoms with E-state index in [1.54, 1.807) is 18.2 Å². The Bertz CT molecular complexity index is 779. The number of anilines is 2. The van der Waals surface area contributed by atoms with Crippen LogP contribution in [0.1, 0.15) is 27.8 Å². The number of ketones is 1. The van der Waals surface area contributed by atoms with Crippen LogP contribution in [-0.4, -0.2) is 41.7 Å². The van der Waals surface area contributed by atoms with Gasteiger partial charge in [-0.15, -0.1) is 0 Å². The van der Waals surface area contributed by atoms with E-state index in [1.165, 1.54) is 13.0 Å². The molecule has 0 aliphatic carbocycles. The minimum atomic E-state index is -0.433. The van der Waals surface area contributed by atoms with Gasteiger partial charge in [0.25, 0.3) is 5.91 Å². The molecule has 0 aliphatic heterocycles. The Morgan fingerprint density at radius 2 is 2.12 bits per heavy atom. The lowest BCUT2D eigenvalue weighted by Crippen LogP contribution is -2.27. The summed E-state index contributed by atoms with van der Waals surface area (Å²) >= 11 is 9.50. The molecule has 1 amide bonds. The molecule has 134 valence electrons. The van der Waals surface area contributed by atoms with Crippen molar-refractivity contribution in [2.24, 2.45) is 0 Å². The lowest BCUT2D eigenvalue weighted by atomic mass is 10.2. The van der Waals surface area contributed by atoms with Crippen molar-refractivity contribution in [3.8, 4) is 0 Å². The molecule has 1 heterocycles. The van der Waals surface area contributed by atoms with Gasteiger partial charge in [0.1, 0.15) is 12.5 Å². The zero-order valence-electron chi connectivity index (χ0n) is 13.4. The van der Waals surface area contributed by atoms with Crippen molar-refractivity contribution in [2.75, 3.05) is 25.3 Å². The molecule has 0 saturated carbocycles. The zero-order chi connectivity index (χ0) is 18.4. The Morgan fingerprint density at radius 3 is 2.76 bits per heavy atom. The molecular weight excluding hydrogens is 414 g/mol. The number of hydrogen-bond acceptors (Lipinski definition) is 5. The summed E-state index contributed by atoms with van der Waals surface area (Å²) in [7, 11) is 0. The van der Waals surface area contributed by atoms with Gasteiger partial charge in [0.05, 0.1) is 35.2 Å². The summed E-state index contributed by atoms with van der Waals surface area (Å²) in [6, 6.07) is 6.71. The predicted octanol–water partition coefficient (Wildman–Crippen LogP) is 3.07. The van der Waals surface area contributed by atoms with Gasteiger partial charge in [-0.1, -0.05) is 27.5 Å². The molecule has 0 atom stereocenters. The van der Waals surface area contributed by atoms with E-state index >= 15 is 0 Å². The molecule has 0 spiro atoms. The second-order valence-electron chi connectivity index (χ2n) is 5.06. The third kappa shape index (κ3) is 5.30. The third-order valence-corrected chi connectivity index (χ3v) is 4.01. The van der Waals surface area contributed by atoms with Gasteiger partial charge in [0.2, 0.25) is 0 Å². The number of aliphatic hydroxyl groups is 1. The van der Waals surface area contributed by atoms with Crippen LogP contribution in [0.25, 0.3) is 0 Å². The highest BCUT2D eigenvalue weighted by molar-refractivity contribution is 9.10. The van der Waals surface area contributed by atoms with E-state index in [2.05, 4.69) is 31.5 Å². The summed E-state index contributed by atoms with van der Waals surface area (Å²) in [6.45, 7) is 1.32. The molecule has 9 heteroatoms. The monoisotopic (exact) mass is 429 g/mol. The normalized spacial score (nSPS) is 10.6. The number of nitrogens with one attached hydrogen (secondary N) is 3. The summed E-state index contributed by atoms with van der Waals surface area (Å²) in [5.74, 6) is -0.299. The Morgan fingerprint density at radius 1 is 1.36 bits per heavy atom. The van der Waals surface area contributed by atoms with E-state index in [0.29, 0.717) is 16.5 Å². The van der Waals surface area contributed by atoms with Crippen molar-refractivity contribution in [1.82, 2.24) is 10.3 Å². The minimum absolute atomic E-state index is 0.0571. The third-order valence-electron chi connectivity index (χ3n) is 3.20. The number of rotatable bonds is 8. The zero-order valence-corrected chi connectivity index (χ0v) is 15.7. The fraction of sp³-hybridized carbons (Fsp3) is 0.250. The van der Waals surface area contributed by atoms with Crippen LogP contribution in [0.5, 0.6) is 0 Å². The first-order chi connectivity index (χ1) is 11.9. The first-order valence-electron chi connectivity index (χ1n) is 7.35. The van der Waals surface area contributed by atoms with Crippen LogP contribution in [0.4, 0.5) is 11.5 Å². The van der Waals surface area contributed by atoms with Gasteiger partial charge < -0.3 is 25.5 Å². The minimum Gasteiger partial charge on any atom is -0.394 e. The molecule has 0 saturated heterocycles. The number of H-pyrrole nitrogens is 1.